The topological polar surface area (TPSA) is 41.6 Å². The molecule has 0 aliphatic heterocycles. The summed E-state index contributed by atoms with van der Waals surface area (Å²) < 4.78 is 5.45. The van der Waals surface area contributed by atoms with Gasteiger partial charge in [-0.15, -0.1) is 0 Å². The second kappa shape index (κ2) is 7.24. The monoisotopic (exact) mass is 334 g/mol. The highest BCUT2D eigenvalue weighted by molar-refractivity contribution is 7.80. The molecule has 0 bridgehead atoms. The van der Waals surface area contributed by atoms with Crippen molar-refractivity contribution in [3.05, 3.63) is 59.1 Å². The maximum absolute atomic E-state index is 12.1. The van der Waals surface area contributed by atoms with Crippen molar-refractivity contribution in [2.24, 2.45) is 0 Å². The van der Waals surface area contributed by atoms with Crippen LogP contribution in [0.25, 0.3) is 0 Å². The van der Waals surface area contributed by atoms with Gasteiger partial charge in [0.05, 0.1) is 0 Å². The van der Waals surface area contributed by atoms with Crippen LogP contribution in [-0.2, 0) is 0 Å². The standard InChI is InChI=1S/C16H15ClN2O2S/c1-19(2)16(22)21-14-9-3-11(4-10-14)15(20)18-13-7-5-12(17)6-8-13/h3-10H,1-2H3,(H,18,20). The van der Waals surface area contributed by atoms with Crippen LogP contribution in [-0.4, -0.2) is 30.1 Å². The number of carbonyl (C=O) groups is 1. The lowest BCUT2D eigenvalue weighted by molar-refractivity contribution is 0.102. The van der Waals surface area contributed by atoms with Crippen molar-refractivity contribution in [1.29, 1.82) is 0 Å². The van der Waals surface area contributed by atoms with Gasteiger partial charge >= 0.3 is 0 Å². The Morgan fingerprint density at radius 3 is 2.23 bits per heavy atom. The minimum Gasteiger partial charge on any atom is -0.432 e. The minimum absolute atomic E-state index is 0.205. The number of nitrogens with zero attached hydrogens (tertiary/aromatic N) is 1. The van der Waals surface area contributed by atoms with Crippen molar-refractivity contribution in [3.63, 3.8) is 0 Å². The van der Waals surface area contributed by atoms with Gasteiger partial charge in [-0.25, -0.2) is 0 Å². The zero-order valence-corrected chi connectivity index (χ0v) is 13.7. The third kappa shape index (κ3) is 4.44. The van der Waals surface area contributed by atoms with Crippen molar-refractivity contribution in [2.45, 2.75) is 0 Å². The van der Waals surface area contributed by atoms with E-state index in [-0.39, 0.29) is 5.91 Å². The molecular weight excluding hydrogens is 320 g/mol. The van der Waals surface area contributed by atoms with Crippen LogP contribution in [0, 0.1) is 0 Å². The van der Waals surface area contributed by atoms with E-state index < -0.39 is 0 Å². The summed E-state index contributed by atoms with van der Waals surface area (Å²) in [6.07, 6.45) is 0. The summed E-state index contributed by atoms with van der Waals surface area (Å²) in [6.45, 7) is 0. The number of benzene rings is 2. The lowest BCUT2D eigenvalue weighted by Gasteiger charge is -2.14. The van der Waals surface area contributed by atoms with Crippen molar-refractivity contribution >= 4 is 40.6 Å². The third-order valence-corrected chi connectivity index (χ3v) is 3.49. The molecule has 0 atom stereocenters. The second-order valence-electron chi connectivity index (χ2n) is 4.75. The number of rotatable bonds is 3. The number of anilines is 1. The Morgan fingerprint density at radius 2 is 1.68 bits per heavy atom. The normalized spacial score (nSPS) is 9.95. The van der Waals surface area contributed by atoms with Gasteiger partial charge in [0, 0.05) is 30.4 Å². The van der Waals surface area contributed by atoms with Crippen molar-refractivity contribution < 1.29 is 9.53 Å². The molecule has 0 radical (unpaired) electrons. The van der Waals surface area contributed by atoms with Crippen molar-refractivity contribution in [3.8, 4) is 5.75 Å². The van der Waals surface area contributed by atoms with E-state index in [1.54, 1.807) is 67.5 Å². The maximum Gasteiger partial charge on any atom is 0.264 e. The molecule has 1 amide bonds. The summed E-state index contributed by atoms with van der Waals surface area (Å²) in [6, 6.07) is 13.7. The molecular formula is C16H15ClN2O2S. The average Bonchev–Trinajstić information content (AvgIpc) is 2.50. The van der Waals surface area contributed by atoms with Crippen molar-refractivity contribution in [2.75, 3.05) is 19.4 Å². The molecule has 0 spiro atoms. The Kier molecular flexibility index (Phi) is 5.35. The Hall–Kier alpha value is -2.11. The van der Waals surface area contributed by atoms with E-state index in [0.717, 1.165) is 0 Å². The van der Waals surface area contributed by atoms with E-state index in [4.69, 9.17) is 28.6 Å². The molecule has 0 heterocycles. The van der Waals surface area contributed by atoms with Gasteiger partial charge in [-0.1, -0.05) is 11.6 Å². The van der Waals surface area contributed by atoms with E-state index in [1.807, 2.05) is 0 Å². The largest absolute Gasteiger partial charge is 0.432 e. The molecule has 0 aromatic heterocycles. The third-order valence-electron chi connectivity index (χ3n) is 2.79. The van der Waals surface area contributed by atoms with Gasteiger partial charge in [0.1, 0.15) is 5.75 Å². The van der Waals surface area contributed by atoms with Gasteiger partial charge in [0.2, 0.25) is 0 Å². The molecule has 0 unspecified atom stereocenters. The van der Waals surface area contributed by atoms with Crippen LogP contribution >= 0.6 is 23.8 Å². The van der Waals surface area contributed by atoms with E-state index in [2.05, 4.69) is 5.32 Å². The summed E-state index contributed by atoms with van der Waals surface area (Å²) >= 11 is 10.9. The highest BCUT2D eigenvalue weighted by Gasteiger charge is 2.07. The SMILES string of the molecule is CN(C)C(=S)Oc1ccc(C(=O)Nc2ccc(Cl)cc2)cc1. The molecule has 0 aliphatic carbocycles. The summed E-state index contributed by atoms with van der Waals surface area (Å²) in [7, 11) is 3.60. The molecule has 0 aliphatic rings. The molecule has 22 heavy (non-hydrogen) atoms. The van der Waals surface area contributed by atoms with E-state index in [9.17, 15) is 4.79 Å². The molecule has 114 valence electrons. The number of ether oxygens (including phenoxy) is 1. The Labute approximate surface area is 139 Å². The highest BCUT2D eigenvalue weighted by atomic mass is 35.5. The molecule has 2 aromatic carbocycles. The fourth-order valence-electron chi connectivity index (χ4n) is 1.60. The Bertz CT molecular complexity index is 670. The quantitative estimate of drug-likeness (QED) is 0.866. The highest BCUT2D eigenvalue weighted by Crippen LogP contribution is 2.16. The first kappa shape index (κ1) is 16.3. The first-order chi connectivity index (χ1) is 10.5. The molecule has 0 fully saturated rings. The van der Waals surface area contributed by atoms with Crippen LogP contribution in [0.3, 0.4) is 0 Å². The summed E-state index contributed by atoms with van der Waals surface area (Å²) in [4.78, 5) is 13.8. The number of amides is 1. The van der Waals surface area contributed by atoms with Gasteiger partial charge in [-0.2, -0.15) is 0 Å². The van der Waals surface area contributed by atoms with Gasteiger partial charge in [0.15, 0.2) is 0 Å². The zero-order valence-electron chi connectivity index (χ0n) is 12.2. The van der Waals surface area contributed by atoms with Crippen LogP contribution in [0.4, 0.5) is 5.69 Å². The summed E-state index contributed by atoms with van der Waals surface area (Å²) in [5, 5.41) is 3.77. The molecule has 6 heteroatoms. The minimum atomic E-state index is -0.205. The van der Waals surface area contributed by atoms with Crippen LogP contribution in [0.1, 0.15) is 10.4 Å². The molecule has 2 rings (SSSR count). The van der Waals surface area contributed by atoms with Gasteiger partial charge in [-0.3, -0.25) is 4.79 Å². The van der Waals surface area contributed by atoms with E-state index >= 15 is 0 Å². The number of hydrogen-bond acceptors (Lipinski definition) is 3. The first-order valence-corrected chi connectivity index (χ1v) is 7.30. The molecule has 0 saturated carbocycles. The fourth-order valence-corrected chi connectivity index (χ4v) is 1.83. The van der Waals surface area contributed by atoms with Gasteiger partial charge in [-0.05, 0) is 60.7 Å². The molecule has 1 N–H and O–H groups in total. The molecule has 0 saturated heterocycles. The fraction of sp³-hybridized carbons (Fsp3) is 0.125. The van der Waals surface area contributed by atoms with Crippen molar-refractivity contribution in [1.82, 2.24) is 4.90 Å². The second-order valence-corrected chi connectivity index (χ2v) is 5.53. The number of carbonyl (C=O) groups excluding carboxylic acids is 1. The number of thiocarbonyl (C=S) groups is 1. The van der Waals surface area contributed by atoms with Crippen LogP contribution in [0.2, 0.25) is 5.02 Å². The van der Waals surface area contributed by atoms with E-state index in [0.29, 0.717) is 27.2 Å². The Balaban J connectivity index is 2.02. The summed E-state index contributed by atoms with van der Waals surface area (Å²) in [5.41, 5.74) is 1.21. The number of hydrogen-bond donors (Lipinski definition) is 1. The predicted octanol–water partition coefficient (Wildman–Crippen LogP) is 3.82. The maximum atomic E-state index is 12.1. The van der Waals surface area contributed by atoms with Gasteiger partial charge < -0.3 is 15.0 Å². The van der Waals surface area contributed by atoms with Crippen LogP contribution in [0.15, 0.2) is 48.5 Å². The van der Waals surface area contributed by atoms with Crippen LogP contribution in [0.5, 0.6) is 5.75 Å². The van der Waals surface area contributed by atoms with Gasteiger partial charge in [0.25, 0.3) is 11.1 Å². The average molecular weight is 335 g/mol. The predicted molar refractivity (Wildman–Crippen MR) is 92.8 cm³/mol. The lowest BCUT2D eigenvalue weighted by atomic mass is 10.2. The lowest BCUT2D eigenvalue weighted by Crippen LogP contribution is -2.25. The number of halogens is 1. The summed E-state index contributed by atoms with van der Waals surface area (Å²) in [5.74, 6) is 0.380. The smallest absolute Gasteiger partial charge is 0.264 e. The van der Waals surface area contributed by atoms with Crippen LogP contribution < -0.4 is 10.1 Å². The first-order valence-electron chi connectivity index (χ1n) is 6.52. The molecule has 2 aromatic rings. The number of nitrogens with one attached hydrogen (secondary N) is 1. The zero-order chi connectivity index (χ0) is 16.1. The molecule has 4 nitrogen and oxygen atoms in total. The van der Waals surface area contributed by atoms with E-state index in [1.165, 1.54) is 0 Å². The Morgan fingerprint density at radius 1 is 1.09 bits per heavy atom.